The second kappa shape index (κ2) is 12.9. The van der Waals surface area contributed by atoms with Crippen molar-refractivity contribution in [1.29, 1.82) is 0 Å². The highest BCUT2D eigenvalue weighted by atomic mass is 19.1. The molecule has 1 aliphatic rings. The fourth-order valence-electron chi connectivity index (χ4n) is 4.46. The van der Waals surface area contributed by atoms with Gasteiger partial charge >= 0.3 is 0 Å². The molecule has 204 valence electrons. The maximum Gasteiger partial charge on any atom is 0.254 e. The van der Waals surface area contributed by atoms with E-state index in [4.69, 9.17) is 9.47 Å². The number of benzene rings is 2. The molecule has 0 bridgehead atoms. The summed E-state index contributed by atoms with van der Waals surface area (Å²) in [4.78, 5) is 31.3. The second-order valence-electron chi connectivity index (χ2n) is 9.05. The highest BCUT2D eigenvalue weighted by molar-refractivity contribution is 5.96. The van der Waals surface area contributed by atoms with Gasteiger partial charge in [-0.25, -0.2) is 4.39 Å². The quantitative estimate of drug-likeness (QED) is 0.388. The maximum atomic E-state index is 13.3. The van der Waals surface area contributed by atoms with Gasteiger partial charge < -0.3 is 24.2 Å². The van der Waals surface area contributed by atoms with E-state index >= 15 is 0 Å². The Balaban J connectivity index is 1.39. The SMILES string of the molecule is C=CCN(CC(=O)N1CCCN(c2ccc(-c3ccc(OC)cc3OC)nn2)CC1)C(=O)c1ccc(F)cc1. The number of methoxy groups -OCH3 is 2. The molecule has 0 unspecified atom stereocenters. The summed E-state index contributed by atoms with van der Waals surface area (Å²) in [6.07, 6.45) is 2.32. The van der Waals surface area contributed by atoms with Gasteiger partial charge in [0.15, 0.2) is 5.82 Å². The summed E-state index contributed by atoms with van der Waals surface area (Å²) in [5.41, 5.74) is 1.81. The maximum absolute atomic E-state index is 13.3. The minimum absolute atomic E-state index is 0.0829. The van der Waals surface area contributed by atoms with E-state index in [-0.39, 0.29) is 24.9 Å². The highest BCUT2D eigenvalue weighted by Gasteiger charge is 2.24. The molecule has 1 aliphatic heterocycles. The molecular weight excluding hydrogens is 501 g/mol. The number of carbonyl (C=O) groups is 2. The summed E-state index contributed by atoms with van der Waals surface area (Å²) >= 11 is 0. The molecule has 1 fully saturated rings. The van der Waals surface area contributed by atoms with Crippen molar-refractivity contribution < 1.29 is 23.5 Å². The normalized spacial score (nSPS) is 13.4. The fraction of sp³-hybridized carbons (Fsp3) is 0.310. The smallest absolute Gasteiger partial charge is 0.254 e. The molecule has 0 radical (unpaired) electrons. The third-order valence-electron chi connectivity index (χ3n) is 6.56. The van der Waals surface area contributed by atoms with Crippen molar-refractivity contribution in [2.75, 3.05) is 58.4 Å². The number of hydrogen-bond donors (Lipinski definition) is 0. The summed E-state index contributed by atoms with van der Waals surface area (Å²) < 4.78 is 24.0. The molecule has 9 nitrogen and oxygen atoms in total. The second-order valence-corrected chi connectivity index (χ2v) is 9.05. The van der Waals surface area contributed by atoms with Crippen LogP contribution in [0.1, 0.15) is 16.8 Å². The van der Waals surface area contributed by atoms with Crippen molar-refractivity contribution in [2.45, 2.75) is 6.42 Å². The molecule has 0 saturated carbocycles. The number of nitrogens with zero attached hydrogens (tertiary/aromatic N) is 5. The van der Waals surface area contributed by atoms with Crippen LogP contribution in [-0.4, -0.2) is 85.3 Å². The highest BCUT2D eigenvalue weighted by Crippen LogP contribution is 2.32. The molecule has 1 saturated heterocycles. The lowest BCUT2D eigenvalue weighted by atomic mass is 10.1. The van der Waals surface area contributed by atoms with Gasteiger partial charge in [0.1, 0.15) is 23.9 Å². The zero-order valence-corrected chi connectivity index (χ0v) is 22.2. The van der Waals surface area contributed by atoms with Crippen LogP contribution in [0.4, 0.5) is 10.2 Å². The molecule has 4 rings (SSSR count). The van der Waals surface area contributed by atoms with E-state index in [0.717, 1.165) is 17.8 Å². The van der Waals surface area contributed by atoms with Crippen molar-refractivity contribution in [2.24, 2.45) is 0 Å². The summed E-state index contributed by atoms with van der Waals surface area (Å²) in [6.45, 7) is 6.18. The number of ether oxygens (including phenoxy) is 2. The van der Waals surface area contributed by atoms with Gasteiger partial charge in [-0.15, -0.1) is 16.8 Å². The molecule has 2 heterocycles. The van der Waals surface area contributed by atoms with Crippen LogP contribution in [0.5, 0.6) is 11.5 Å². The number of rotatable bonds is 9. The van der Waals surface area contributed by atoms with E-state index in [0.29, 0.717) is 48.9 Å². The summed E-state index contributed by atoms with van der Waals surface area (Å²) in [5, 5.41) is 8.86. The van der Waals surface area contributed by atoms with Crippen LogP contribution in [0.25, 0.3) is 11.3 Å². The molecule has 39 heavy (non-hydrogen) atoms. The molecular formula is C29H32FN5O4. The third-order valence-corrected chi connectivity index (χ3v) is 6.56. The van der Waals surface area contributed by atoms with Crippen LogP contribution < -0.4 is 14.4 Å². The molecule has 0 atom stereocenters. The number of aromatic nitrogens is 2. The Labute approximate surface area is 227 Å². The Morgan fingerprint density at radius 3 is 2.46 bits per heavy atom. The van der Waals surface area contributed by atoms with Crippen LogP contribution >= 0.6 is 0 Å². The van der Waals surface area contributed by atoms with Gasteiger partial charge in [0, 0.05) is 49.9 Å². The van der Waals surface area contributed by atoms with E-state index in [1.165, 1.54) is 29.2 Å². The van der Waals surface area contributed by atoms with Crippen LogP contribution in [0.2, 0.25) is 0 Å². The Kier molecular flexibility index (Phi) is 9.09. The van der Waals surface area contributed by atoms with Gasteiger partial charge in [-0.1, -0.05) is 6.08 Å². The van der Waals surface area contributed by atoms with E-state index in [1.807, 2.05) is 24.3 Å². The summed E-state index contributed by atoms with van der Waals surface area (Å²) in [5.74, 6) is 1.14. The van der Waals surface area contributed by atoms with Crippen LogP contribution in [0.3, 0.4) is 0 Å². The topological polar surface area (TPSA) is 88.1 Å². The minimum Gasteiger partial charge on any atom is -0.497 e. The molecule has 0 N–H and O–H groups in total. The number of amides is 2. The molecule has 2 amide bonds. The van der Waals surface area contributed by atoms with Gasteiger partial charge in [0.2, 0.25) is 5.91 Å². The van der Waals surface area contributed by atoms with Crippen LogP contribution in [-0.2, 0) is 4.79 Å². The lowest BCUT2D eigenvalue weighted by Gasteiger charge is -2.26. The van der Waals surface area contributed by atoms with Gasteiger partial charge in [-0.3, -0.25) is 9.59 Å². The average molecular weight is 534 g/mol. The van der Waals surface area contributed by atoms with Crippen molar-refractivity contribution >= 4 is 17.6 Å². The molecule has 1 aromatic heterocycles. The summed E-state index contributed by atoms with van der Waals surface area (Å²) in [6, 6.07) is 14.6. The first-order valence-corrected chi connectivity index (χ1v) is 12.7. The first-order chi connectivity index (χ1) is 18.9. The van der Waals surface area contributed by atoms with Gasteiger partial charge in [0.25, 0.3) is 5.91 Å². The molecule has 10 heteroatoms. The van der Waals surface area contributed by atoms with Gasteiger partial charge in [-0.05, 0) is 55.0 Å². The standard InChI is InChI=1S/C29H32FN5O4/c1-4-14-35(29(37)21-6-8-22(30)9-7-21)20-28(36)34-16-5-15-33(17-18-34)27-13-12-25(31-32-27)24-11-10-23(38-2)19-26(24)39-3/h4,6-13,19H,1,5,14-18,20H2,2-3H3. The van der Waals surface area contributed by atoms with Crippen LogP contribution in [0.15, 0.2) is 67.3 Å². The zero-order chi connectivity index (χ0) is 27.8. The summed E-state index contributed by atoms with van der Waals surface area (Å²) in [7, 11) is 3.20. The van der Waals surface area contributed by atoms with Crippen molar-refractivity contribution in [1.82, 2.24) is 20.0 Å². The Morgan fingerprint density at radius 2 is 1.79 bits per heavy atom. The van der Waals surface area contributed by atoms with E-state index in [1.54, 1.807) is 31.3 Å². The number of anilines is 1. The molecule has 0 spiro atoms. The van der Waals surface area contributed by atoms with Crippen LogP contribution in [0, 0.1) is 5.82 Å². The fourth-order valence-corrected chi connectivity index (χ4v) is 4.46. The largest absolute Gasteiger partial charge is 0.497 e. The zero-order valence-electron chi connectivity index (χ0n) is 22.2. The Bertz CT molecular complexity index is 1300. The minimum atomic E-state index is -0.424. The average Bonchev–Trinajstić information content (AvgIpc) is 3.23. The number of carbonyl (C=O) groups excluding carboxylic acids is 2. The molecule has 0 aliphatic carbocycles. The van der Waals surface area contributed by atoms with Crippen molar-refractivity contribution in [3.8, 4) is 22.8 Å². The van der Waals surface area contributed by atoms with Gasteiger partial charge in [0.05, 0.1) is 19.9 Å². The predicted molar refractivity (Wildman–Crippen MR) is 146 cm³/mol. The Hall–Kier alpha value is -4.47. The molecule has 2 aromatic carbocycles. The van der Waals surface area contributed by atoms with Crippen molar-refractivity contribution in [3.05, 3.63) is 78.6 Å². The van der Waals surface area contributed by atoms with E-state index in [2.05, 4.69) is 21.7 Å². The first-order valence-electron chi connectivity index (χ1n) is 12.7. The lowest BCUT2D eigenvalue weighted by Crippen LogP contribution is -2.44. The predicted octanol–water partition coefficient (Wildman–Crippen LogP) is 3.67. The number of halogens is 1. The Morgan fingerprint density at radius 1 is 1.00 bits per heavy atom. The lowest BCUT2D eigenvalue weighted by molar-refractivity contribution is -0.131. The monoisotopic (exact) mass is 533 g/mol. The third kappa shape index (κ3) is 6.70. The molecule has 3 aromatic rings. The van der Waals surface area contributed by atoms with Gasteiger partial charge in [-0.2, -0.15) is 0 Å². The van der Waals surface area contributed by atoms with E-state index < -0.39 is 5.82 Å². The van der Waals surface area contributed by atoms with E-state index in [9.17, 15) is 14.0 Å². The first kappa shape index (κ1) is 27.6. The number of hydrogen-bond acceptors (Lipinski definition) is 7. The van der Waals surface area contributed by atoms with Crippen molar-refractivity contribution in [3.63, 3.8) is 0 Å².